The Morgan fingerprint density at radius 1 is 1.00 bits per heavy atom. The molecule has 0 bridgehead atoms. The van der Waals surface area contributed by atoms with Gasteiger partial charge in [0.1, 0.15) is 5.69 Å². The van der Waals surface area contributed by atoms with E-state index in [1.807, 2.05) is 31.2 Å². The van der Waals surface area contributed by atoms with Crippen LogP contribution in [0.25, 0.3) is 0 Å². The zero-order valence-electron chi connectivity index (χ0n) is 17.6. The molecule has 2 aromatic rings. The molecule has 0 N–H and O–H groups in total. The van der Waals surface area contributed by atoms with Gasteiger partial charge < -0.3 is 9.47 Å². The van der Waals surface area contributed by atoms with Crippen molar-refractivity contribution < 1.29 is 22.7 Å². The Morgan fingerprint density at radius 3 is 2.14 bits per heavy atom. The van der Waals surface area contributed by atoms with Gasteiger partial charge in [0.05, 0.1) is 33.2 Å². The van der Waals surface area contributed by atoms with Gasteiger partial charge in [-0.3, -0.25) is 0 Å². The standard InChI is InChI=1S/C21H29N2O5S/c1-6-13-22(15-17-7-9-18(10-8-17)23(2,3)16-24)29(25,26)19-11-12-20(27-4)21(14-19)28-5/h7-12,14,16H,6,13,15H2,1-5H3/q+1. The third-order valence-corrected chi connectivity index (χ3v) is 6.53. The van der Waals surface area contributed by atoms with Crippen molar-refractivity contribution in [3.8, 4) is 11.5 Å². The third kappa shape index (κ3) is 5.14. The van der Waals surface area contributed by atoms with Gasteiger partial charge in [-0.1, -0.05) is 19.1 Å². The first-order chi connectivity index (χ1) is 13.7. The molecular weight excluding hydrogens is 392 g/mol. The molecule has 7 nitrogen and oxygen atoms in total. The maximum absolute atomic E-state index is 13.2. The number of carbonyl (C=O) groups excluding carboxylic acids is 1. The normalized spacial score (nSPS) is 12.1. The lowest BCUT2D eigenvalue weighted by molar-refractivity contribution is -0.115. The molecule has 8 heteroatoms. The SMILES string of the molecule is CCCN(Cc1ccc([N+](C)(C)C=O)cc1)S(=O)(=O)c1ccc(OC)c(OC)c1. The summed E-state index contributed by atoms with van der Waals surface area (Å²) in [6.07, 6.45) is 1.53. The molecule has 0 fully saturated rings. The number of rotatable bonds is 10. The van der Waals surface area contributed by atoms with Crippen LogP contribution in [0.15, 0.2) is 47.4 Å². The van der Waals surface area contributed by atoms with E-state index in [2.05, 4.69) is 0 Å². The summed E-state index contributed by atoms with van der Waals surface area (Å²) in [7, 11) is 2.82. The van der Waals surface area contributed by atoms with Crippen LogP contribution in [0.5, 0.6) is 11.5 Å². The molecule has 0 spiro atoms. The lowest BCUT2D eigenvalue weighted by Crippen LogP contribution is -2.38. The van der Waals surface area contributed by atoms with Crippen LogP contribution in [0.2, 0.25) is 0 Å². The monoisotopic (exact) mass is 421 g/mol. The molecule has 0 aliphatic rings. The van der Waals surface area contributed by atoms with Crippen molar-refractivity contribution in [1.82, 2.24) is 8.79 Å². The van der Waals surface area contributed by atoms with Crippen molar-refractivity contribution >= 4 is 22.1 Å². The van der Waals surface area contributed by atoms with E-state index in [1.165, 1.54) is 30.7 Å². The summed E-state index contributed by atoms with van der Waals surface area (Å²) in [4.78, 5) is 11.4. The van der Waals surface area contributed by atoms with E-state index in [1.54, 1.807) is 20.2 Å². The molecule has 0 unspecified atom stereocenters. The molecule has 158 valence electrons. The number of nitrogens with zero attached hydrogens (tertiary/aromatic N) is 2. The lowest BCUT2D eigenvalue weighted by atomic mass is 10.2. The summed E-state index contributed by atoms with van der Waals surface area (Å²) in [5.74, 6) is 0.836. The molecule has 0 saturated carbocycles. The minimum atomic E-state index is -3.72. The zero-order chi connectivity index (χ0) is 21.7. The van der Waals surface area contributed by atoms with Crippen LogP contribution < -0.4 is 14.0 Å². The first-order valence-electron chi connectivity index (χ1n) is 9.31. The molecule has 0 heterocycles. The fraction of sp³-hybridized carbons (Fsp3) is 0.381. The van der Waals surface area contributed by atoms with E-state index in [0.717, 1.165) is 17.7 Å². The Balaban J connectivity index is 2.34. The van der Waals surface area contributed by atoms with Crippen molar-refractivity contribution in [3.63, 3.8) is 0 Å². The molecule has 0 atom stereocenters. The van der Waals surface area contributed by atoms with Gasteiger partial charge in [-0.2, -0.15) is 4.31 Å². The molecule has 2 aromatic carbocycles. The molecule has 0 saturated heterocycles. The van der Waals surface area contributed by atoms with Gasteiger partial charge in [0.25, 0.3) is 0 Å². The third-order valence-electron chi connectivity index (χ3n) is 4.69. The highest BCUT2D eigenvalue weighted by molar-refractivity contribution is 7.89. The van der Waals surface area contributed by atoms with Crippen LogP contribution >= 0.6 is 0 Å². The summed E-state index contributed by atoms with van der Waals surface area (Å²) in [6.45, 7) is 2.55. The average molecular weight is 422 g/mol. The second-order valence-corrected chi connectivity index (χ2v) is 9.11. The predicted octanol–water partition coefficient (Wildman–Crippen LogP) is 3.03. The van der Waals surface area contributed by atoms with Gasteiger partial charge in [-0.05, 0) is 36.2 Å². The molecule has 0 aliphatic heterocycles. The molecule has 2 rings (SSSR count). The summed E-state index contributed by atoms with van der Waals surface area (Å²) in [5.41, 5.74) is 1.67. The number of hydrogen-bond acceptors (Lipinski definition) is 5. The Kier molecular flexibility index (Phi) is 7.40. The number of carbonyl (C=O) groups is 1. The van der Waals surface area contributed by atoms with Crippen LogP contribution in [0.4, 0.5) is 5.69 Å². The van der Waals surface area contributed by atoms with E-state index in [-0.39, 0.29) is 15.9 Å². The molecule has 0 aromatic heterocycles. The van der Waals surface area contributed by atoms with Crippen LogP contribution in [0.1, 0.15) is 18.9 Å². The number of ether oxygens (including phenoxy) is 2. The maximum atomic E-state index is 13.2. The zero-order valence-corrected chi connectivity index (χ0v) is 18.4. The highest BCUT2D eigenvalue weighted by Gasteiger charge is 2.26. The number of amides is 1. The predicted molar refractivity (Wildman–Crippen MR) is 114 cm³/mol. The molecule has 0 radical (unpaired) electrons. The quantitative estimate of drug-likeness (QED) is 0.436. The summed E-state index contributed by atoms with van der Waals surface area (Å²) in [6, 6.07) is 12.0. The topological polar surface area (TPSA) is 72.9 Å². The molecule has 1 amide bonds. The number of benzene rings is 2. The minimum absolute atomic E-state index is 0.100. The Morgan fingerprint density at radius 2 is 1.62 bits per heavy atom. The second-order valence-electron chi connectivity index (χ2n) is 7.17. The summed E-state index contributed by atoms with van der Waals surface area (Å²) >= 11 is 0. The van der Waals surface area contributed by atoms with E-state index in [9.17, 15) is 13.2 Å². The number of quaternary nitrogens is 1. The van der Waals surface area contributed by atoms with Gasteiger partial charge in [-0.25, -0.2) is 17.7 Å². The van der Waals surface area contributed by atoms with E-state index in [0.29, 0.717) is 24.5 Å². The molecular formula is C21H29N2O5S+. The van der Waals surface area contributed by atoms with Crippen molar-refractivity contribution in [1.29, 1.82) is 0 Å². The second kappa shape index (κ2) is 9.39. The van der Waals surface area contributed by atoms with Crippen molar-refractivity contribution in [2.45, 2.75) is 24.8 Å². The fourth-order valence-electron chi connectivity index (χ4n) is 2.91. The van der Waals surface area contributed by atoms with Gasteiger partial charge in [0.2, 0.25) is 10.0 Å². The van der Waals surface area contributed by atoms with Crippen LogP contribution in [0, 0.1) is 0 Å². The van der Waals surface area contributed by atoms with E-state index in [4.69, 9.17) is 9.47 Å². The highest BCUT2D eigenvalue weighted by Crippen LogP contribution is 2.31. The summed E-state index contributed by atoms with van der Waals surface area (Å²) < 4.78 is 38.5. The van der Waals surface area contributed by atoms with Gasteiger partial charge in [0.15, 0.2) is 11.5 Å². The maximum Gasteiger partial charge on any atom is 0.306 e. The van der Waals surface area contributed by atoms with Crippen LogP contribution in [0.3, 0.4) is 0 Å². The first-order valence-corrected chi connectivity index (χ1v) is 10.7. The van der Waals surface area contributed by atoms with Gasteiger partial charge in [0, 0.05) is 19.2 Å². The highest BCUT2D eigenvalue weighted by atomic mass is 32.2. The Hall–Kier alpha value is -2.42. The fourth-order valence-corrected chi connectivity index (χ4v) is 4.45. The Bertz CT molecular complexity index is 940. The van der Waals surface area contributed by atoms with E-state index < -0.39 is 10.0 Å². The molecule has 29 heavy (non-hydrogen) atoms. The van der Waals surface area contributed by atoms with E-state index >= 15 is 0 Å². The molecule has 0 aliphatic carbocycles. The number of sulfonamides is 1. The van der Waals surface area contributed by atoms with Crippen LogP contribution in [-0.2, 0) is 21.4 Å². The average Bonchev–Trinajstić information content (AvgIpc) is 2.73. The minimum Gasteiger partial charge on any atom is -0.493 e. The smallest absolute Gasteiger partial charge is 0.306 e. The largest absolute Gasteiger partial charge is 0.493 e. The summed E-state index contributed by atoms with van der Waals surface area (Å²) in [5, 5.41) is 0. The van der Waals surface area contributed by atoms with Crippen molar-refractivity contribution in [2.75, 3.05) is 34.9 Å². The van der Waals surface area contributed by atoms with Crippen molar-refractivity contribution in [2.24, 2.45) is 0 Å². The first kappa shape index (κ1) is 22.9. The number of methoxy groups -OCH3 is 2. The van der Waals surface area contributed by atoms with Gasteiger partial charge in [-0.15, -0.1) is 0 Å². The van der Waals surface area contributed by atoms with Gasteiger partial charge >= 0.3 is 6.41 Å². The van der Waals surface area contributed by atoms with Crippen LogP contribution in [-0.4, -0.2) is 54.0 Å². The Labute approximate surface area is 173 Å². The number of hydrogen-bond donors (Lipinski definition) is 0. The van der Waals surface area contributed by atoms with Crippen molar-refractivity contribution in [3.05, 3.63) is 48.0 Å². The lowest BCUT2D eigenvalue weighted by Gasteiger charge is -2.23.